The van der Waals surface area contributed by atoms with Crippen LogP contribution in [0.3, 0.4) is 0 Å². The van der Waals surface area contributed by atoms with Crippen LogP contribution in [-0.4, -0.2) is 81.9 Å². The van der Waals surface area contributed by atoms with Crippen molar-refractivity contribution < 1.29 is 83.3 Å². The Morgan fingerprint density at radius 2 is 0.750 bits per heavy atom. The summed E-state index contributed by atoms with van der Waals surface area (Å²) in [5, 5.41) is 16.8. The predicted octanol–water partition coefficient (Wildman–Crippen LogP) is 10.1. The van der Waals surface area contributed by atoms with Crippen molar-refractivity contribution in [2.45, 2.75) is 128 Å². The molecule has 0 aliphatic heterocycles. The monoisotopic (exact) mass is 1490 g/mol. The summed E-state index contributed by atoms with van der Waals surface area (Å²) >= 11 is 0. The van der Waals surface area contributed by atoms with Crippen LogP contribution in [-0.2, 0) is 137 Å². The van der Waals surface area contributed by atoms with Crippen LogP contribution >= 0.6 is 0 Å². The van der Waals surface area contributed by atoms with E-state index >= 15 is 0 Å². The fourth-order valence-electron chi connectivity index (χ4n) is 10.6. The van der Waals surface area contributed by atoms with Gasteiger partial charge in [0, 0.05) is 87.2 Å². The molecule has 0 aliphatic rings. The number of nitrogens with zero attached hydrogens (tertiary/aromatic N) is 1. The van der Waals surface area contributed by atoms with Gasteiger partial charge in [-0.05, 0) is 83.0 Å². The third-order valence-electron chi connectivity index (χ3n) is 16.2. The van der Waals surface area contributed by atoms with Gasteiger partial charge in [0.1, 0.15) is 19.0 Å². The zero-order valence-electron chi connectivity index (χ0n) is 57.1. The van der Waals surface area contributed by atoms with Crippen molar-refractivity contribution in [1.29, 1.82) is 5.41 Å². The third kappa shape index (κ3) is 31.6. The Morgan fingerprint density at radius 1 is 0.433 bits per heavy atom. The maximum absolute atomic E-state index is 14.0. The van der Waals surface area contributed by atoms with Gasteiger partial charge in [0.05, 0.1) is 23.6 Å². The molecule has 22 nitrogen and oxygen atoms in total. The zero-order valence-corrected chi connectivity index (χ0v) is 60.2. The number of hydrogen-bond acceptors (Lipinski definition) is 16. The summed E-state index contributed by atoms with van der Waals surface area (Å²) in [5.41, 5.74) is 18.5. The molecule has 2 amide bonds. The fourth-order valence-corrected chi connectivity index (χ4v) is 13.4. The molecule has 0 heterocycles. The second kappa shape index (κ2) is 44.3. The minimum Gasteiger partial charge on any atom is -0.461 e. The molecule has 25 heteroatoms. The van der Waals surface area contributed by atoms with E-state index in [-0.39, 0.29) is 127 Å². The van der Waals surface area contributed by atoms with Crippen LogP contribution in [0, 0.1) is 17.2 Å². The van der Waals surface area contributed by atoms with Crippen LogP contribution in [0.25, 0.3) is 0 Å². The Hall–Kier alpha value is -10.2. The van der Waals surface area contributed by atoms with E-state index in [1.807, 2.05) is 121 Å². The SMILES string of the molecule is C.CC(=O)O/N=C(\N)c1ccc(CNC(=O)[C@H](CCC(=O)OCc2ccccc2)CC(=O)[C@@H](CCc2ccccc2)NS(=O)(=O)Cc2ccccc2)cc1.N=C(N)c1ccc(CNC(=O)[C@H](CCC(=O)OCc2ccccc2)CC(=O)[C@@H](CCc2ccccc2)NS(=O)(=O)Cc2ccccc2)cc1.[V]. The van der Waals surface area contributed by atoms with E-state index in [9.17, 15) is 50.4 Å². The number of Topliss-reactive ketones (excluding diaryl/α,β-unsaturated/α-hetero) is 2. The van der Waals surface area contributed by atoms with Crippen molar-refractivity contribution in [2.75, 3.05) is 0 Å². The molecule has 0 bridgehead atoms. The molecule has 547 valence electrons. The molecular weight excluding hydrogens is 1400 g/mol. The number of nitrogen functional groups attached to an aromatic ring is 1. The van der Waals surface area contributed by atoms with Crippen LogP contribution in [0.4, 0.5) is 0 Å². The van der Waals surface area contributed by atoms with Gasteiger partial charge in [0.15, 0.2) is 17.4 Å². The van der Waals surface area contributed by atoms with Gasteiger partial charge in [-0.1, -0.05) is 243 Å². The molecule has 0 spiro atoms. The number of aryl methyl sites for hydroxylation is 2. The number of ketones is 2. The van der Waals surface area contributed by atoms with Crippen LogP contribution in [0.5, 0.6) is 0 Å². The number of sulfonamides is 2. The second-order valence-electron chi connectivity index (χ2n) is 24.3. The average Bonchev–Trinajstić information content (AvgIpc) is 0.855. The van der Waals surface area contributed by atoms with E-state index < -0.39 is 85.3 Å². The van der Waals surface area contributed by atoms with Gasteiger partial charge in [0.25, 0.3) is 0 Å². The molecule has 0 aliphatic carbocycles. The zero-order chi connectivity index (χ0) is 73.1. The number of carbonyl (C=O) groups is 7. The number of oxime groups is 1. The molecule has 0 unspecified atom stereocenters. The number of hydrogen-bond donors (Lipinski definition) is 7. The molecular formula is C79H90N8O14S2V. The van der Waals surface area contributed by atoms with E-state index in [1.165, 1.54) is 6.92 Å². The van der Waals surface area contributed by atoms with Gasteiger partial charge >= 0.3 is 17.9 Å². The summed E-state index contributed by atoms with van der Waals surface area (Å²) in [6, 6.07) is 65.8. The van der Waals surface area contributed by atoms with Crippen molar-refractivity contribution in [3.8, 4) is 0 Å². The third-order valence-corrected chi connectivity index (χ3v) is 18.9. The number of benzene rings is 8. The largest absolute Gasteiger partial charge is 0.461 e. The summed E-state index contributed by atoms with van der Waals surface area (Å²) in [4.78, 5) is 96.1. The van der Waals surface area contributed by atoms with Crippen LogP contribution in [0.2, 0.25) is 0 Å². The topological polar surface area (TPSA) is 352 Å². The first-order valence-corrected chi connectivity index (χ1v) is 36.5. The first-order valence-electron chi connectivity index (χ1n) is 33.2. The van der Waals surface area contributed by atoms with E-state index in [0.29, 0.717) is 40.7 Å². The first-order chi connectivity index (χ1) is 49.0. The Bertz CT molecular complexity index is 4290. The number of rotatable bonds is 39. The number of ether oxygens (including phenoxy) is 2. The maximum Gasteiger partial charge on any atom is 0.332 e. The molecule has 1 radical (unpaired) electrons. The standard InChI is InChI=1S/C40H44N4O8S.C38H42N4O6S.CH4.V/c1-29(45)52-43-39(41)34-20-17-31(18-21-34)26-42-40(48)35(22-24-38(47)51-27-32-13-7-3-8-14-32)25-37(46)36(23-19-30-11-5-2-6-12-30)44-53(49,50)28-33-15-9-4-10-16-33;39-37(40)32-19-16-29(17-20-32)25-41-38(45)33(21-23-36(44)48-26-30-12-6-2-7-13-30)24-35(43)34(22-18-28-10-4-1-5-11-28)42-49(46,47)27-31-14-8-3-9-15-31;;/h2-18,20-21,35-36,44H,19,22-28H2,1H3,(H2,41,43)(H,42,48);1-17,19-20,33-34,42H,18,21-27H2,(H3,39,40)(H,41,45);1H4;/t35-,36-;33-,34-;;/m11../s1. The van der Waals surface area contributed by atoms with Crippen molar-refractivity contribution in [2.24, 2.45) is 28.5 Å². The number of nitrogens with two attached hydrogens (primary N) is 2. The normalized spacial score (nSPS) is 12.3. The molecule has 8 rings (SSSR count). The number of esters is 2. The molecule has 0 saturated carbocycles. The van der Waals surface area contributed by atoms with Crippen molar-refractivity contribution in [3.63, 3.8) is 0 Å². The number of nitrogens with one attached hydrogen (secondary N) is 5. The molecule has 0 fully saturated rings. The van der Waals surface area contributed by atoms with E-state index in [4.69, 9.17) is 26.4 Å². The minimum absolute atomic E-state index is 0. The smallest absolute Gasteiger partial charge is 0.332 e. The molecule has 8 aromatic carbocycles. The summed E-state index contributed by atoms with van der Waals surface area (Å²) in [7, 11) is -7.87. The Balaban J connectivity index is 0.000000368. The van der Waals surface area contributed by atoms with Gasteiger partial charge in [-0.15, -0.1) is 0 Å². The molecule has 4 atom stereocenters. The summed E-state index contributed by atoms with van der Waals surface area (Å²) in [6.07, 6.45) is 0.382. The number of amides is 2. The first kappa shape index (κ1) is 84.4. The van der Waals surface area contributed by atoms with Gasteiger partial charge in [-0.2, -0.15) is 0 Å². The maximum atomic E-state index is 14.0. The predicted molar refractivity (Wildman–Crippen MR) is 395 cm³/mol. The van der Waals surface area contributed by atoms with E-state index in [2.05, 4.69) is 30.1 Å². The Labute approximate surface area is 621 Å². The van der Waals surface area contributed by atoms with Gasteiger partial charge in [-0.3, -0.25) is 34.2 Å². The van der Waals surface area contributed by atoms with E-state index in [0.717, 1.165) is 27.8 Å². The minimum atomic E-state index is -3.95. The van der Waals surface area contributed by atoms with Crippen LogP contribution < -0.4 is 31.5 Å². The number of carbonyl (C=O) groups excluding carboxylic acids is 7. The summed E-state index contributed by atoms with van der Waals surface area (Å²) in [5.74, 6) is -6.11. The number of amidine groups is 2. The molecule has 9 N–H and O–H groups in total. The van der Waals surface area contributed by atoms with Crippen LogP contribution in [0.1, 0.15) is 121 Å². The van der Waals surface area contributed by atoms with Gasteiger partial charge in [-0.25, -0.2) is 31.1 Å². The molecule has 0 aromatic heterocycles. The van der Waals surface area contributed by atoms with Crippen molar-refractivity contribution >= 4 is 73.0 Å². The molecule has 0 saturated heterocycles. The van der Waals surface area contributed by atoms with Crippen molar-refractivity contribution in [1.82, 2.24) is 20.1 Å². The van der Waals surface area contributed by atoms with Crippen molar-refractivity contribution in [3.05, 3.63) is 286 Å². The summed E-state index contributed by atoms with van der Waals surface area (Å²) in [6.45, 7) is 1.57. The Morgan fingerprint density at radius 3 is 1.08 bits per heavy atom. The fraction of sp³-hybridized carbons (Fsp3) is 0.278. The average molecular weight is 1490 g/mol. The van der Waals surface area contributed by atoms with Crippen LogP contribution in [0.15, 0.2) is 236 Å². The quantitative estimate of drug-likeness (QED) is 0.00619. The Kier molecular flexibility index (Phi) is 36.0. The van der Waals surface area contributed by atoms with Gasteiger partial charge in [0.2, 0.25) is 31.9 Å². The molecule has 8 aromatic rings. The second-order valence-corrected chi connectivity index (χ2v) is 27.8. The summed E-state index contributed by atoms with van der Waals surface area (Å²) < 4.78 is 69.1. The molecule has 104 heavy (non-hydrogen) atoms. The van der Waals surface area contributed by atoms with Gasteiger partial charge < -0.3 is 36.4 Å². The van der Waals surface area contributed by atoms with E-state index in [1.54, 1.807) is 109 Å².